The molecule has 0 bridgehead atoms. The van der Waals surface area contributed by atoms with Crippen LogP contribution >= 0.6 is 11.6 Å². The number of carbonyl (C=O) groups excluding carboxylic acids is 1. The number of hydrogen-bond donors (Lipinski definition) is 2. The van der Waals surface area contributed by atoms with Crippen molar-refractivity contribution in [2.75, 3.05) is 13.7 Å². The number of fused-ring (bicyclic) bond motifs is 1. The molecular weight excluding hydrogens is 364 g/mol. The van der Waals surface area contributed by atoms with E-state index < -0.39 is 0 Å². The van der Waals surface area contributed by atoms with Gasteiger partial charge in [0.1, 0.15) is 17.6 Å². The van der Waals surface area contributed by atoms with Crippen molar-refractivity contribution in [3.8, 4) is 17.0 Å². The number of carbonyl (C=O) groups is 1. The molecule has 138 valence electrons. The first kappa shape index (κ1) is 17.6. The third-order valence-corrected chi connectivity index (χ3v) is 4.79. The molecule has 2 heterocycles. The van der Waals surface area contributed by atoms with E-state index in [1.807, 2.05) is 48.5 Å². The number of rotatable bonds is 5. The maximum atomic E-state index is 12.3. The molecule has 0 spiro atoms. The first-order valence-electron chi connectivity index (χ1n) is 8.64. The van der Waals surface area contributed by atoms with Crippen molar-refractivity contribution < 1.29 is 9.53 Å². The Kier molecular flexibility index (Phi) is 4.83. The summed E-state index contributed by atoms with van der Waals surface area (Å²) in [7, 11) is 1.65. The Morgan fingerprint density at radius 2 is 2.07 bits per heavy atom. The van der Waals surface area contributed by atoms with Crippen LogP contribution in [0.15, 0.2) is 54.6 Å². The maximum absolute atomic E-state index is 12.3. The van der Waals surface area contributed by atoms with Gasteiger partial charge in [-0.25, -0.2) is 4.68 Å². The van der Waals surface area contributed by atoms with Gasteiger partial charge in [-0.3, -0.25) is 10.1 Å². The standard InChI is InChI=1S/C20H19ClN4O2/c1-27-16-4-2-3-13(9-16)11-22-19-12-23-20(26)18-10-17(24-25(18)19)14-5-7-15(21)8-6-14/h2-10,19,22H,11-12H2,1H3,(H,23,26)/t19-/m0/s1. The lowest BCUT2D eigenvalue weighted by Gasteiger charge is -2.25. The van der Waals surface area contributed by atoms with Gasteiger partial charge in [-0.05, 0) is 35.9 Å². The van der Waals surface area contributed by atoms with Crippen LogP contribution in [0.5, 0.6) is 5.75 Å². The summed E-state index contributed by atoms with van der Waals surface area (Å²) in [5.74, 6) is 0.693. The molecule has 7 heteroatoms. The molecule has 27 heavy (non-hydrogen) atoms. The van der Waals surface area contributed by atoms with Crippen molar-refractivity contribution in [3.05, 3.63) is 70.9 Å². The number of nitrogens with one attached hydrogen (secondary N) is 2. The van der Waals surface area contributed by atoms with Crippen LogP contribution < -0.4 is 15.4 Å². The molecule has 1 aromatic heterocycles. The molecule has 1 atom stereocenters. The number of aromatic nitrogens is 2. The Morgan fingerprint density at radius 1 is 1.26 bits per heavy atom. The van der Waals surface area contributed by atoms with Crippen molar-refractivity contribution >= 4 is 17.5 Å². The molecule has 0 unspecified atom stereocenters. The Bertz CT molecular complexity index is 968. The van der Waals surface area contributed by atoms with Crippen LogP contribution in [0.4, 0.5) is 0 Å². The number of halogens is 1. The number of ether oxygens (including phenoxy) is 1. The summed E-state index contributed by atoms with van der Waals surface area (Å²) in [6.45, 7) is 1.10. The van der Waals surface area contributed by atoms with E-state index in [2.05, 4.69) is 15.7 Å². The molecule has 1 aliphatic heterocycles. The molecule has 2 aromatic carbocycles. The highest BCUT2D eigenvalue weighted by molar-refractivity contribution is 6.30. The van der Waals surface area contributed by atoms with E-state index in [9.17, 15) is 4.79 Å². The van der Waals surface area contributed by atoms with E-state index >= 15 is 0 Å². The summed E-state index contributed by atoms with van der Waals surface area (Å²) < 4.78 is 7.02. The maximum Gasteiger partial charge on any atom is 0.269 e. The van der Waals surface area contributed by atoms with Crippen molar-refractivity contribution in [3.63, 3.8) is 0 Å². The fourth-order valence-electron chi connectivity index (χ4n) is 3.11. The molecule has 3 aromatic rings. The summed E-state index contributed by atoms with van der Waals surface area (Å²) in [5, 5.41) is 11.7. The first-order valence-corrected chi connectivity index (χ1v) is 9.02. The van der Waals surface area contributed by atoms with Crippen LogP contribution in [0.25, 0.3) is 11.3 Å². The summed E-state index contributed by atoms with van der Waals surface area (Å²) >= 11 is 5.96. The molecule has 0 saturated carbocycles. The minimum atomic E-state index is -0.134. The predicted molar refractivity (Wildman–Crippen MR) is 104 cm³/mol. The Hall–Kier alpha value is -2.83. The van der Waals surface area contributed by atoms with Crippen LogP contribution in [0.3, 0.4) is 0 Å². The van der Waals surface area contributed by atoms with E-state index in [-0.39, 0.29) is 12.1 Å². The lowest BCUT2D eigenvalue weighted by atomic mass is 10.1. The molecule has 4 rings (SSSR count). The minimum absolute atomic E-state index is 0.123. The van der Waals surface area contributed by atoms with Gasteiger partial charge in [-0.1, -0.05) is 35.9 Å². The van der Waals surface area contributed by atoms with Crippen LogP contribution in [-0.2, 0) is 6.54 Å². The second kappa shape index (κ2) is 7.42. The van der Waals surface area contributed by atoms with Crippen LogP contribution in [0, 0.1) is 0 Å². The monoisotopic (exact) mass is 382 g/mol. The molecule has 0 fully saturated rings. The quantitative estimate of drug-likeness (QED) is 0.710. The number of hydrogen-bond acceptors (Lipinski definition) is 4. The fraction of sp³-hybridized carbons (Fsp3) is 0.200. The largest absolute Gasteiger partial charge is 0.497 e. The van der Waals surface area contributed by atoms with Crippen LogP contribution in [0.1, 0.15) is 22.2 Å². The van der Waals surface area contributed by atoms with E-state index in [0.717, 1.165) is 22.6 Å². The van der Waals surface area contributed by atoms with Gasteiger partial charge >= 0.3 is 0 Å². The smallest absolute Gasteiger partial charge is 0.269 e. The molecule has 1 amide bonds. The van der Waals surface area contributed by atoms with Gasteiger partial charge < -0.3 is 10.1 Å². The zero-order valence-corrected chi connectivity index (χ0v) is 15.5. The molecule has 2 N–H and O–H groups in total. The third kappa shape index (κ3) is 3.67. The van der Waals surface area contributed by atoms with Gasteiger partial charge in [0.05, 0.1) is 19.3 Å². The highest BCUT2D eigenvalue weighted by atomic mass is 35.5. The average Bonchev–Trinajstić information content (AvgIpc) is 3.15. The topological polar surface area (TPSA) is 68.2 Å². The summed E-state index contributed by atoms with van der Waals surface area (Å²) in [6, 6.07) is 17.1. The van der Waals surface area contributed by atoms with E-state index in [1.54, 1.807) is 17.9 Å². The molecule has 6 nitrogen and oxygen atoms in total. The first-order chi connectivity index (χ1) is 13.1. The SMILES string of the molecule is COc1cccc(CN[C@@H]2CNC(=O)c3cc(-c4ccc(Cl)cc4)nn32)c1. The van der Waals surface area contributed by atoms with Crippen molar-refractivity contribution in [1.29, 1.82) is 0 Å². The molecule has 0 saturated heterocycles. The van der Waals surface area contributed by atoms with Crippen LogP contribution in [0.2, 0.25) is 5.02 Å². The molecular formula is C20H19ClN4O2. The van der Waals surface area contributed by atoms with Gasteiger partial charge in [0, 0.05) is 17.1 Å². The highest BCUT2D eigenvalue weighted by Gasteiger charge is 2.27. The molecule has 0 aliphatic carbocycles. The zero-order valence-electron chi connectivity index (χ0n) is 14.8. The number of nitrogens with zero attached hydrogens (tertiary/aromatic N) is 2. The minimum Gasteiger partial charge on any atom is -0.497 e. The van der Waals surface area contributed by atoms with Gasteiger partial charge in [0.15, 0.2) is 0 Å². The van der Waals surface area contributed by atoms with Crippen molar-refractivity contribution in [1.82, 2.24) is 20.4 Å². The number of benzene rings is 2. The third-order valence-electron chi connectivity index (χ3n) is 4.54. The Morgan fingerprint density at radius 3 is 2.85 bits per heavy atom. The normalized spacial score (nSPS) is 15.9. The van der Waals surface area contributed by atoms with E-state index in [0.29, 0.717) is 23.8 Å². The predicted octanol–water partition coefficient (Wildman–Crippen LogP) is 3.24. The zero-order chi connectivity index (χ0) is 18.8. The second-order valence-electron chi connectivity index (χ2n) is 6.32. The average molecular weight is 383 g/mol. The molecule has 0 radical (unpaired) electrons. The lowest BCUT2D eigenvalue weighted by molar-refractivity contribution is 0.0900. The van der Waals surface area contributed by atoms with E-state index in [1.165, 1.54) is 0 Å². The summed E-state index contributed by atoms with van der Waals surface area (Å²) in [4.78, 5) is 12.3. The number of amides is 1. The van der Waals surface area contributed by atoms with Crippen molar-refractivity contribution in [2.24, 2.45) is 0 Å². The number of methoxy groups -OCH3 is 1. The highest BCUT2D eigenvalue weighted by Crippen LogP contribution is 2.24. The summed E-state index contributed by atoms with van der Waals surface area (Å²) in [5.41, 5.74) is 3.29. The van der Waals surface area contributed by atoms with E-state index in [4.69, 9.17) is 16.3 Å². The van der Waals surface area contributed by atoms with Crippen molar-refractivity contribution in [2.45, 2.75) is 12.7 Å². The fourth-order valence-corrected chi connectivity index (χ4v) is 3.23. The van der Waals surface area contributed by atoms with Gasteiger partial charge in [0.2, 0.25) is 0 Å². The second-order valence-corrected chi connectivity index (χ2v) is 6.76. The van der Waals surface area contributed by atoms with Gasteiger partial charge in [-0.2, -0.15) is 5.10 Å². The Balaban J connectivity index is 1.57. The van der Waals surface area contributed by atoms with Gasteiger partial charge in [-0.15, -0.1) is 0 Å². The Labute approximate surface area is 162 Å². The lowest BCUT2D eigenvalue weighted by Crippen LogP contribution is -2.45. The van der Waals surface area contributed by atoms with Gasteiger partial charge in [0.25, 0.3) is 5.91 Å². The molecule has 1 aliphatic rings. The summed E-state index contributed by atoms with van der Waals surface area (Å²) in [6.07, 6.45) is -0.134. The van der Waals surface area contributed by atoms with Crippen LogP contribution in [-0.4, -0.2) is 29.3 Å².